The zero-order valence-electron chi connectivity index (χ0n) is 68.0. The number of aromatic nitrogens is 6. The Labute approximate surface area is 743 Å². The average Bonchev–Trinajstić information content (AvgIpc) is 0.801. The molecule has 0 aliphatic heterocycles. The number of anilines is 3. The van der Waals surface area contributed by atoms with Gasteiger partial charge in [-0.2, -0.15) is 39.2 Å². The monoisotopic (exact) mass is 1970 g/mol. The normalized spacial score (nSPS) is 15.7. The molecule has 1 N–H and O–H groups in total. The second-order valence-corrected chi connectivity index (χ2v) is 35.8. The number of nitrogens with one attached hydrogen (secondary N) is 1. The van der Waals surface area contributed by atoms with Crippen molar-refractivity contribution in [2.75, 3.05) is 48.9 Å². The van der Waals surface area contributed by atoms with E-state index in [9.17, 15) is 66.0 Å². The molecular weight excluding hydrogens is 1890 g/mol. The van der Waals surface area contributed by atoms with E-state index < -0.39 is 59.8 Å². The third-order valence-corrected chi connectivity index (χ3v) is 27.0. The Hall–Kier alpha value is -11.6. The Morgan fingerprint density at radius 3 is 1.14 bits per heavy atom. The minimum absolute atomic E-state index is 0.00128. The minimum atomic E-state index is -4.22. The van der Waals surface area contributed by atoms with Gasteiger partial charge < -0.3 is 43.7 Å². The van der Waals surface area contributed by atoms with Crippen molar-refractivity contribution < 1.29 is 105 Å². The SMILES string of the molecule is CC1C[CH-]C1.COc1cc(C2CC(C(F)(F)F)C2)ccc1-n1c(=O)ccc2cc(S(=O)(=O)Nc3ccon3)ccc21.COc1ccc(CN(c2ccon2)S(=O)(=O)c2ccc3c(ccc(=O)n3-c3ccc(Br)cc3OC)c2)cc1.COc1ccc(CN(c2ccon2)S(=O)(=O)c2ccc3c(ccc(=O)n3-c3ccc(C4CC(C(F)(F)F)C4)cc3OC)c2)cc1.[Zn+][Br]. The number of hydrogen-bond acceptors (Lipinski definition) is 20. The van der Waals surface area contributed by atoms with Crippen molar-refractivity contribution in [1.82, 2.24) is 29.2 Å². The Morgan fingerprint density at radius 1 is 0.452 bits per heavy atom. The molecule has 14 aromatic rings. The van der Waals surface area contributed by atoms with Gasteiger partial charge in [0.25, 0.3) is 46.7 Å². The van der Waals surface area contributed by atoms with Crippen LogP contribution in [0.5, 0.6) is 28.7 Å². The third-order valence-electron chi connectivity index (χ3n) is 21.6. The first kappa shape index (κ1) is 92.1. The van der Waals surface area contributed by atoms with E-state index >= 15 is 0 Å². The van der Waals surface area contributed by atoms with Crippen LogP contribution in [0.1, 0.15) is 79.5 Å². The van der Waals surface area contributed by atoms with Crippen molar-refractivity contribution in [3.63, 3.8) is 0 Å². The molecule has 26 nitrogen and oxygen atoms in total. The molecule has 0 saturated heterocycles. The molecule has 3 saturated carbocycles. The maximum atomic E-state index is 14.0. The summed E-state index contributed by atoms with van der Waals surface area (Å²) in [7, 11) is -4.75. The number of benzene rings is 8. The fourth-order valence-electron chi connectivity index (χ4n) is 14.6. The van der Waals surface area contributed by atoms with Crippen LogP contribution < -0.4 is 53.7 Å². The molecular formula is C88H79Br2F6N9O17S3Zn. The zero-order valence-corrected chi connectivity index (χ0v) is 76.6. The van der Waals surface area contributed by atoms with E-state index in [1.807, 2.05) is 0 Å². The summed E-state index contributed by atoms with van der Waals surface area (Å²) >= 11 is 7.66. The van der Waals surface area contributed by atoms with E-state index in [4.69, 9.17) is 32.7 Å². The van der Waals surface area contributed by atoms with E-state index in [0.717, 1.165) is 20.3 Å². The molecule has 0 bridgehead atoms. The first-order valence-corrected chi connectivity index (χ1v) is 50.8. The summed E-state index contributed by atoms with van der Waals surface area (Å²) in [5.74, 6) is 0.541. The summed E-state index contributed by atoms with van der Waals surface area (Å²) in [5, 5.41) is 12.8. The molecule has 8 aromatic carbocycles. The van der Waals surface area contributed by atoms with Crippen LogP contribution in [0.15, 0.2) is 278 Å². The van der Waals surface area contributed by atoms with E-state index in [1.165, 1.54) is 191 Å². The first-order chi connectivity index (χ1) is 60.3. The topological polar surface area (TPSA) is 311 Å². The van der Waals surface area contributed by atoms with Crippen LogP contribution in [0.25, 0.3) is 49.8 Å². The number of sulfonamides is 3. The molecule has 17 rings (SSSR count). The number of pyridine rings is 3. The standard InChI is InChI=1S/C32H28F3N3O6S.C27H22BrN3O6S.C24H20F3N3O5S.C5H9.BrH.Zn/c1-42-25-7-3-20(4-8-25)19-37(30-13-14-44-36-30)45(40,41)26-9-11-27-22(17-26)6-12-31(39)38(27)28-10-5-21(18-29(28)43-2)23-15-24(16-23)32(33,34)35;1-35-21-7-3-18(4-8-21)17-30(26-13-14-37-29-26)38(33,34)22-9-11-23-19(15-22)5-12-27(32)31(23)24-10-6-20(28)16-25(24)36-2;1-34-21-13-14(16-10-17(11-16)24(25,26)27)2-5-20(21)30-19-6-4-18(12-15(19)3-7-23(30)31)36(32,33)29-22-8-9-35-28-22;1-5-3-2-4-5;;/h3-14,17-18,23-24H,15-16,19H2,1-2H3;3-16H,17H2,1-2H3;2-9,12-13,16-17H,10-11H2,1H3,(H,28,29);2,5H,3-4H2,1H3;1H;/q;;;-1;;+2/p-1. The average molecular weight is 1970 g/mol. The number of alkyl halides is 6. The van der Waals surface area contributed by atoms with E-state index in [0.29, 0.717) is 95.2 Å². The van der Waals surface area contributed by atoms with Gasteiger partial charge in [0.15, 0.2) is 17.5 Å². The van der Waals surface area contributed by atoms with E-state index in [2.05, 4.69) is 67.6 Å². The van der Waals surface area contributed by atoms with Gasteiger partial charge in [-0.15, -0.1) is 0 Å². The molecule has 654 valence electrons. The fraction of sp³-hybridized carbons (Fsp3) is 0.239. The Balaban J connectivity index is 0.000000157. The van der Waals surface area contributed by atoms with Gasteiger partial charge in [0.05, 0.1) is 109 Å². The molecule has 0 unspecified atom stereocenters. The maximum absolute atomic E-state index is 14.0. The van der Waals surface area contributed by atoms with Crippen molar-refractivity contribution in [1.29, 1.82) is 0 Å². The van der Waals surface area contributed by atoms with Gasteiger partial charge in [-0.3, -0.25) is 32.8 Å². The van der Waals surface area contributed by atoms with Crippen molar-refractivity contribution in [3.8, 4) is 45.8 Å². The van der Waals surface area contributed by atoms with Gasteiger partial charge in [-0.05, 0) is 199 Å². The number of methoxy groups -OCH3 is 5. The number of halogens is 8. The summed E-state index contributed by atoms with van der Waals surface area (Å²) in [5.41, 5.74) is 4.42. The van der Waals surface area contributed by atoms with Crippen molar-refractivity contribution in [2.24, 2.45) is 17.8 Å². The second-order valence-electron chi connectivity index (χ2n) is 29.5. The van der Waals surface area contributed by atoms with Crippen LogP contribution in [0.3, 0.4) is 0 Å². The van der Waals surface area contributed by atoms with E-state index in [-0.39, 0.29) is 93.9 Å². The number of ether oxygens (including phenoxy) is 5. The molecule has 0 amide bonds. The van der Waals surface area contributed by atoms with Crippen LogP contribution in [-0.4, -0.2) is 102 Å². The van der Waals surface area contributed by atoms with E-state index in [1.54, 1.807) is 122 Å². The summed E-state index contributed by atoms with van der Waals surface area (Å²) < 4.78 is 210. The van der Waals surface area contributed by atoms with Crippen LogP contribution in [-0.2, 0) is 59.5 Å². The van der Waals surface area contributed by atoms with Gasteiger partial charge in [0, 0.05) is 57.0 Å². The summed E-state index contributed by atoms with van der Waals surface area (Å²) in [4.78, 5) is 38.9. The number of fused-ring (bicyclic) bond motifs is 3. The molecule has 6 heterocycles. The van der Waals surface area contributed by atoms with Crippen LogP contribution in [0.4, 0.5) is 43.8 Å². The predicted molar refractivity (Wildman–Crippen MR) is 464 cm³/mol. The number of hydrogen-bond donors (Lipinski definition) is 1. The van der Waals surface area contributed by atoms with Gasteiger partial charge in [-0.1, -0.05) is 80.6 Å². The summed E-state index contributed by atoms with van der Waals surface area (Å²) in [6.07, 6.45) is 0.487. The molecule has 0 radical (unpaired) electrons. The first-order valence-electron chi connectivity index (χ1n) is 38.7. The van der Waals surface area contributed by atoms with Gasteiger partial charge >= 0.3 is 42.3 Å². The van der Waals surface area contributed by atoms with Crippen LogP contribution in [0.2, 0.25) is 0 Å². The molecule has 0 atom stereocenters. The molecule has 6 aromatic heterocycles. The molecule has 0 spiro atoms. The number of nitrogens with zero attached hydrogens (tertiary/aromatic N) is 8. The molecule has 38 heteroatoms. The zero-order chi connectivity index (χ0) is 90.2. The fourth-order valence-corrected chi connectivity index (χ4v) is 18.8. The Morgan fingerprint density at radius 2 is 0.810 bits per heavy atom. The Kier molecular flexibility index (Phi) is 28.6. The van der Waals surface area contributed by atoms with Crippen molar-refractivity contribution in [3.05, 3.63) is 295 Å². The van der Waals surface area contributed by atoms with Crippen LogP contribution >= 0.6 is 29.6 Å². The van der Waals surface area contributed by atoms with Crippen LogP contribution in [0, 0.1) is 24.2 Å². The molecule has 3 fully saturated rings. The second kappa shape index (κ2) is 39.1. The van der Waals surface area contributed by atoms with Gasteiger partial charge in [-0.25, -0.2) is 33.9 Å². The summed E-state index contributed by atoms with van der Waals surface area (Å²) in [6.45, 7) is 2.26. The third kappa shape index (κ3) is 20.4. The van der Waals surface area contributed by atoms with Crippen molar-refractivity contribution >= 4 is 110 Å². The van der Waals surface area contributed by atoms with Gasteiger partial charge in [0.1, 0.15) is 47.5 Å². The quantitative estimate of drug-likeness (QED) is 0.0353. The summed E-state index contributed by atoms with van der Waals surface area (Å²) in [6, 6.07) is 55.6. The number of rotatable bonds is 23. The predicted octanol–water partition coefficient (Wildman–Crippen LogP) is 18.9. The molecule has 126 heavy (non-hydrogen) atoms. The Bertz CT molecular complexity index is 6760. The van der Waals surface area contributed by atoms with Crippen molar-refractivity contribution in [2.45, 2.75) is 97.4 Å². The van der Waals surface area contributed by atoms with Gasteiger partial charge in [0.2, 0.25) is 0 Å². The molecule has 3 aliphatic rings. The molecule has 3 aliphatic carbocycles.